The Labute approximate surface area is 202 Å². The fourth-order valence-corrected chi connectivity index (χ4v) is 5.24. The summed E-state index contributed by atoms with van der Waals surface area (Å²) < 4.78 is 5.53. The fraction of sp³-hybridized carbons (Fsp3) is 0.367. The molecule has 1 saturated carbocycles. The van der Waals surface area contributed by atoms with Gasteiger partial charge in [0.2, 0.25) is 0 Å². The predicted molar refractivity (Wildman–Crippen MR) is 136 cm³/mol. The lowest BCUT2D eigenvalue weighted by Gasteiger charge is -2.41. The third-order valence-electron chi connectivity index (χ3n) is 7.20. The third kappa shape index (κ3) is 5.68. The largest absolute Gasteiger partial charge is 0.459 e. The first-order chi connectivity index (χ1) is 16.8. The van der Waals surface area contributed by atoms with Gasteiger partial charge in [-0.3, -0.25) is 9.69 Å². The van der Waals surface area contributed by atoms with E-state index in [2.05, 4.69) is 82.6 Å². The van der Waals surface area contributed by atoms with Crippen molar-refractivity contribution in [1.29, 1.82) is 0 Å². The molecule has 0 bridgehead atoms. The number of piperidine rings is 1. The Bertz CT molecular complexity index is 1050. The fourth-order valence-electron chi connectivity index (χ4n) is 5.24. The number of carbonyl (C=O) groups excluding carboxylic acids is 1. The average Bonchev–Trinajstić information content (AvgIpc) is 3.56. The van der Waals surface area contributed by atoms with Gasteiger partial charge in [-0.2, -0.15) is 0 Å². The maximum Gasteiger partial charge on any atom is 0.290 e. The molecule has 0 unspecified atom stereocenters. The number of hydrogen-bond acceptors (Lipinski definition) is 3. The van der Waals surface area contributed by atoms with Crippen LogP contribution in [-0.4, -0.2) is 47.4 Å². The molecule has 2 aliphatic rings. The van der Waals surface area contributed by atoms with E-state index in [1.165, 1.54) is 11.1 Å². The number of benzene rings is 2. The molecular weight excluding hydrogens is 420 g/mol. The van der Waals surface area contributed by atoms with Gasteiger partial charge < -0.3 is 9.32 Å². The van der Waals surface area contributed by atoms with Crippen molar-refractivity contribution in [3.63, 3.8) is 0 Å². The molecule has 4 heteroatoms. The summed E-state index contributed by atoms with van der Waals surface area (Å²) in [7, 11) is 0. The van der Waals surface area contributed by atoms with Crippen LogP contribution in [0.4, 0.5) is 0 Å². The van der Waals surface area contributed by atoms with E-state index in [1.807, 2.05) is 6.07 Å². The van der Waals surface area contributed by atoms with Crippen molar-refractivity contribution in [2.24, 2.45) is 5.92 Å². The quantitative estimate of drug-likeness (QED) is 0.403. The number of carbonyl (C=O) groups is 1. The Morgan fingerprint density at radius 3 is 2.29 bits per heavy atom. The van der Waals surface area contributed by atoms with E-state index in [0.29, 0.717) is 17.7 Å². The molecule has 1 atom stereocenters. The predicted octanol–water partition coefficient (Wildman–Crippen LogP) is 5.92. The van der Waals surface area contributed by atoms with E-state index in [0.717, 1.165) is 51.7 Å². The van der Waals surface area contributed by atoms with E-state index in [1.54, 1.807) is 12.3 Å². The summed E-state index contributed by atoms with van der Waals surface area (Å²) in [6, 6.07) is 25.3. The second-order valence-electron chi connectivity index (χ2n) is 9.63. The molecule has 5 rings (SSSR count). The number of likely N-dealkylation sites (tertiary alicyclic amines) is 1. The molecule has 2 heterocycles. The minimum Gasteiger partial charge on any atom is -0.459 e. The van der Waals surface area contributed by atoms with Gasteiger partial charge in [0.05, 0.1) is 6.26 Å². The van der Waals surface area contributed by atoms with Gasteiger partial charge in [-0.05, 0) is 74.4 Å². The standard InChI is InChI=1S/C30H34N2O2/c33-30(29-14-8-22-34-29)32(27-15-16-27)28(23-25-11-5-2-6-12-25)26-17-20-31(21-18-26)19-7-13-24-9-3-1-4-10-24/h1-14,22,26-28H,15-21,23H2/b13-7+/t28-/m0/s1. The van der Waals surface area contributed by atoms with Gasteiger partial charge in [0.15, 0.2) is 5.76 Å². The van der Waals surface area contributed by atoms with Gasteiger partial charge >= 0.3 is 0 Å². The van der Waals surface area contributed by atoms with Gasteiger partial charge in [-0.1, -0.05) is 72.8 Å². The number of hydrogen-bond donors (Lipinski definition) is 0. The van der Waals surface area contributed by atoms with Crippen molar-refractivity contribution >= 4 is 12.0 Å². The zero-order chi connectivity index (χ0) is 23.2. The third-order valence-corrected chi connectivity index (χ3v) is 7.20. The van der Waals surface area contributed by atoms with Crippen LogP contribution in [-0.2, 0) is 6.42 Å². The maximum absolute atomic E-state index is 13.5. The number of rotatable bonds is 9. The topological polar surface area (TPSA) is 36.7 Å². The minimum absolute atomic E-state index is 0.0571. The summed E-state index contributed by atoms with van der Waals surface area (Å²) in [6.45, 7) is 3.12. The summed E-state index contributed by atoms with van der Waals surface area (Å²) >= 11 is 0. The highest BCUT2D eigenvalue weighted by atomic mass is 16.3. The van der Waals surface area contributed by atoms with Gasteiger partial charge in [0, 0.05) is 18.6 Å². The van der Waals surface area contributed by atoms with E-state index in [4.69, 9.17) is 4.42 Å². The molecule has 3 aromatic rings. The number of furan rings is 1. The summed E-state index contributed by atoms with van der Waals surface area (Å²) in [5, 5.41) is 0. The molecule has 1 amide bonds. The van der Waals surface area contributed by atoms with Crippen molar-refractivity contribution in [2.75, 3.05) is 19.6 Å². The van der Waals surface area contributed by atoms with Crippen LogP contribution in [0, 0.1) is 5.92 Å². The van der Waals surface area contributed by atoms with Crippen molar-refractivity contribution < 1.29 is 9.21 Å². The van der Waals surface area contributed by atoms with Crippen LogP contribution in [0.3, 0.4) is 0 Å². The van der Waals surface area contributed by atoms with Crippen LogP contribution in [0.1, 0.15) is 47.4 Å². The summed E-state index contributed by atoms with van der Waals surface area (Å²) in [6.07, 6.45) is 11.4. The first kappa shape index (κ1) is 22.7. The maximum atomic E-state index is 13.5. The Morgan fingerprint density at radius 1 is 0.941 bits per heavy atom. The minimum atomic E-state index is 0.0571. The van der Waals surface area contributed by atoms with Crippen LogP contribution in [0.15, 0.2) is 89.6 Å². The lowest BCUT2D eigenvalue weighted by molar-refractivity contribution is 0.0467. The van der Waals surface area contributed by atoms with E-state index in [-0.39, 0.29) is 11.9 Å². The Kier molecular flexibility index (Phi) is 7.25. The molecule has 34 heavy (non-hydrogen) atoms. The monoisotopic (exact) mass is 454 g/mol. The second-order valence-corrected chi connectivity index (χ2v) is 9.63. The Morgan fingerprint density at radius 2 is 1.65 bits per heavy atom. The number of nitrogens with zero attached hydrogens (tertiary/aromatic N) is 2. The summed E-state index contributed by atoms with van der Waals surface area (Å²) in [4.78, 5) is 18.2. The molecular formula is C30H34N2O2. The summed E-state index contributed by atoms with van der Waals surface area (Å²) in [5.41, 5.74) is 2.55. The van der Waals surface area contributed by atoms with Crippen molar-refractivity contribution in [1.82, 2.24) is 9.80 Å². The second kappa shape index (κ2) is 10.9. The first-order valence-corrected chi connectivity index (χ1v) is 12.6. The molecule has 176 valence electrons. The van der Waals surface area contributed by atoms with Crippen molar-refractivity contribution in [2.45, 2.75) is 44.2 Å². The highest BCUT2D eigenvalue weighted by Gasteiger charge is 2.42. The van der Waals surface area contributed by atoms with E-state index >= 15 is 0 Å². The molecule has 2 aromatic carbocycles. The van der Waals surface area contributed by atoms with E-state index in [9.17, 15) is 4.79 Å². The van der Waals surface area contributed by atoms with Gasteiger partial charge in [0.25, 0.3) is 5.91 Å². The molecule has 2 fully saturated rings. The molecule has 4 nitrogen and oxygen atoms in total. The molecule has 0 radical (unpaired) electrons. The van der Waals surface area contributed by atoms with Crippen molar-refractivity contribution in [3.05, 3.63) is 102 Å². The lowest BCUT2D eigenvalue weighted by Crippen LogP contribution is -2.50. The summed E-state index contributed by atoms with van der Waals surface area (Å²) in [5.74, 6) is 1.02. The smallest absolute Gasteiger partial charge is 0.290 e. The van der Waals surface area contributed by atoms with Crippen LogP contribution in [0.25, 0.3) is 6.08 Å². The van der Waals surface area contributed by atoms with Gasteiger partial charge in [0.1, 0.15) is 0 Å². The molecule has 1 aliphatic carbocycles. The van der Waals surface area contributed by atoms with Crippen molar-refractivity contribution in [3.8, 4) is 0 Å². The average molecular weight is 455 g/mol. The Balaban J connectivity index is 1.28. The molecule has 1 aliphatic heterocycles. The van der Waals surface area contributed by atoms with Crippen LogP contribution < -0.4 is 0 Å². The molecule has 0 spiro atoms. The van der Waals surface area contributed by atoms with Crippen LogP contribution >= 0.6 is 0 Å². The normalized spacial score (nSPS) is 18.2. The lowest BCUT2D eigenvalue weighted by atomic mass is 9.84. The molecule has 0 N–H and O–H groups in total. The van der Waals surface area contributed by atoms with Gasteiger partial charge in [-0.15, -0.1) is 0 Å². The highest BCUT2D eigenvalue weighted by molar-refractivity contribution is 5.92. The first-order valence-electron chi connectivity index (χ1n) is 12.6. The number of amides is 1. The van der Waals surface area contributed by atoms with Crippen LogP contribution in [0.2, 0.25) is 0 Å². The highest BCUT2D eigenvalue weighted by Crippen LogP contribution is 2.36. The van der Waals surface area contributed by atoms with Crippen LogP contribution in [0.5, 0.6) is 0 Å². The Hall–Kier alpha value is -3.11. The molecule has 1 saturated heterocycles. The zero-order valence-corrected chi connectivity index (χ0v) is 19.8. The zero-order valence-electron chi connectivity index (χ0n) is 19.8. The van der Waals surface area contributed by atoms with E-state index < -0.39 is 0 Å². The molecule has 1 aromatic heterocycles. The SMILES string of the molecule is O=C(c1ccco1)N(C1CC1)[C@@H](Cc1ccccc1)C1CCN(C/C=C/c2ccccc2)CC1. The van der Waals surface area contributed by atoms with Gasteiger partial charge in [-0.25, -0.2) is 0 Å².